The number of nitrogens with zero attached hydrogens (tertiary/aromatic N) is 1. The summed E-state index contributed by atoms with van der Waals surface area (Å²) >= 11 is 1.63. The molecule has 0 saturated carbocycles. The number of hydrogen-bond donors (Lipinski definition) is 1. The molecule has 4 rings (SSSR count). The number of carbonyl (C=O) groups is 3. The van der Waals surface area contributed by atoms with Crippen LogP contribution in [0.5, 0.6) is 0 Å². The average Bonchev–Trinajstić information content (AvgIpc) is 3.44. The van der Waals surface area contributed by atoms with Crippen molar-refractivity contribution in [3.63, 3.8) is 0 Å². The van der Waals surface area contributed by atoms with Gasteiger partial charge in [-0.05, 0) is 31.0 Å². The van der Waals surface area contributed by atoms with E-state index >= 15 is 0 Å². The molecule has 2 atom stereocenters. The first-order chi connectivity index (χ1) is 15.5. The molecule has 7 heteroatoms. The zero-order chi connectivity index (χ0) is 22.5. The van der Waals surface area contributed by atoms with Crippen LogP contribution in [0.4, 0.5) is 0 Å². The van der Waals surface area contributed by atoms with Crippen LogP contribution < -0.4 is 5.32 Å². The predicted molar refractivity (Wildman–Crippen MR) is 124 cm³/mol. The summed E-state index contributed by atoms with van der Waals surface area (Å²) in [5.74, 6) is 1.59. The van der Waals surface area contributed by atoms with Crippen LogP contribution in [0, 0.1) is 6.92 Å². The van der Waals surface area contributed by atoms with Gasteiger partial charge < -0.3 is 4.42 Å². The lowest BCUT2D eigenvalue weighted by atomic mass is 9.99. The molecule has 2 heterocycles. The summed E-state index contributed by atoms with van der Waals surface area (Å²) in [5, 5.41) is 3.09. The van der Waals surface area contributed by atoms with Gasteiger partial charge in [0.15, 0.2) is 12.1 Å². The fourth-order valence-electron chi connectivity index (χ4n) is 3.81. The summed E-state index contributed by atoms with van der Waals surface area (Å²) in [5.41, 5.74) is 3.39. The molecular formula is C25H24N2O4S. The van der Waals surface area contributed by atoms with E-state index in [4.69, 9.17) is 4.42 Å². The van der Waals surface area contributed by atoms with Crippen molar-refractivity contribution in [1.82, 2.24) is 10.3 Å². The molecule has 32 heavy (non-hydrogen) atoms. The molecule has 0 amide bonds. The van der Waals surface area contributed by atoms with Crippen molar-refractivity contribution in [2.24, 2.45) is 0 Å². The third kappa shape index (κ3) is 5.06. The van der Waals surface area contributed by atoms with E-state index in [1.54, 1.807) is 11.8 Å². The number of nitrogens with one attached hydrogen (secondary N) is 1. The van der Waals surface area contributed by atoms with E-state index in [1.165, 1.54) is 0 Å². The molecule has 1 saturated heterocycles. The third-order valence-electron chi connectivity index (χ3n) is 5.61. The molecule has 2 aromatic carbocycles. The Kier molecular flexibility index (Phi) is 6.97. The van der Waals surface area contributed by atoms with Gasteiger partial charge in [0.2, 0.25) is 11.7 Å². The van der Waals surface area contributed by atoms with Gasteiger partial charge in [-0.25, -0.2) is 4.98 Å². The van der Waals surface area contributed by atoms with Gasteiger partial charge in [-0.2, -0.15) is 0 Å². The Morgan fingerprint density at radius 3 is 2.62 bits per heavy atom. The highest BCUT2D eigenvalue weighted by atomic mass is 32.2. The van der Waals surface area contributed by atoms with Crippen LogP contribution in [0.15, 0.2) is 59.0 Å². The summed E-state index contributed by atoms with van der Waals surface area (Å²) < 4.78 is 5.78. The second-order valence-electron chi connectivity index (χ2n) is 7.76. The monoisotopic (exact) mass is 448 g/mol. The quantitative estimate of drug-likeness (QED) is 0.302. The maximum Gasteiger partial charge on any atom is 0.226 e. The standard InChI is InChI=1S/C25H24N2O4S/c1-16-20(27-25(31-16)19-5-3-2-4-6-19)11-12-21(29)18-9-7-17(8-10-18)13-23-24(22(30)14-28)26-15-32-23/h2-10,14,23-24,26H,11-13,15H2,1H3. The number of Topliss-reactive ketones (excluding diaryl/α,β-unsaturated/α-hetero) is 2. The van der Waals surface area contributed by atoms with Crippen molar-refractivity contribution in [3.8, 4) is 11.5 Å². The number of aromatic nitrogens is 1. The van der Waals surface area contributed by atoms with Gasteiger partial charge >= 0.3 is 0 Å². The van der Waals surface area contributed by atoms with Gasteiger partial charge in [-0.3, -0.25) is 19.7 Å². The minimum Gasteiger partial charge on any atom is -0.441 e. The van der Waals surface area contributed by atoms with Crippen LogP contribution in [-0.2, 0) is 22.4 Å². The van der Waals surface area contributed by atoms with Crippen LogP contribution in [0.3, 0.4) is 0 Å². The smallest absolute Gasteiger partial charge is 0.226 e. The Morgan fingerprint density at radius 1 is 1.16 bits per heavy atom. The van der Waals surface area contributed by atoms with Gasteiger partial charge in [-0.1, -0.05) is 42.5 Å². The maximum absolute atomic E-state index is 12.7. The van der Waals surface area contributed by atoms with E-state index in [-0.39, 0.29) is 11.0 Å². The van der Waals surface area contributed by atoms with Crippen LogP contribution >= 0.6 is 11.8 Å². The predicted octanol–water partition coefficient (Wildman–Crippen LogP) is 3.81. The maximum atomic E-state index is 12.7. The molecule has 0 bridgehead atoms. The lowest BCUT2D eigenvalue weighted by Gasteiger charge is -2.15. The van der Waals surface area contributed by atoms with E-state index in [2.05, 4.69) is 10.3 Å². The largest absolute Gasteiger partial charge is 0.441 e. The van der Waals surface area contributed by atoms with Gasteiger partial charge in [0.1, 0.15) is 5.76 Å². The van der Waals surface area contributed by atoms with Crippen LogP contribution in [0.25, 0.3) is 11.5 Å². The zero-order valence-corrected chi connectivity index (χ0v) is 18.6. The summed E-state index contributed by atoms with van der Waals surface area (Å²) in [7, 11) is 0. The Hall–Kier alpha value is -3.03. The number of hydrogen-bond acceptors (Lipinski definition) is 7. The molecule has 1 aliphatic rings. The number of benzene rings is 2. The summed E-state index contributed by atoms with van der Waals surface area (Å²) in [6.45, 7) is 1.87. The van der Waals surface area contributed by atoms with E-state index in [1.807, 2.05) is 61.5 Å². The Morgan fingerprint density at radius 2 is 1.91 bits per heavy atom. The van der Waals surface area contributed by atoms with Gasteiger partial charge in [0.25, 0.3) is 0 Å². The molecule has 3 aromatic rings. The number of oxazole rings is 1. The highest BCUT2D eigenvalue weighted by molar-refractivity contribution is 8.00. The average molecular weight is 449 g/mol. The molecular weight excluding hydrogens is 424 g/mol. The molecule has 1 aromatic heterocycles. The van der Waals surface area contributed by atoms with Gasteiger partial charge in [-0.15, -0.1) is 11.8 Å². The molecule has 1 N–H and O–H groups in total. The van der Waals surface area contributed by atoms with Gasteiger partial charge in [0, 0.05) is 35.1 Å². The van der Waals surface area contributed by atoms with Crippen LogP contribution in [0.2, 0.25) is 0 Å². The van der Waals surface area contributed by atoms with Crippen molar-refractivity contribution >= 4 is 29.6 Å². The summed E-state index contributed by atoms with van der Waals surface area (Å²) in [4.78, 5) is 39.8. The highest BCUT2D eigenvalue weighted by Crippen LogP contribution is 2.26. The summed E-state index contributed by atoms with van der Waals surface area (Å²) in [6.07, 6.45) is 1.91. The Balaban J connectivity index is 1.35. The first-order valence-electron chi connectivity index (χ1n) is 10.5. The topological polar surface area (TPSA) is 89.3 Å². The molecule has 1 fully saturated rings. The minimum atomic E-state index is -0.440. The van der Waals surface area contributed by atoms with Crippen molar-refractivity contribution in [3.05, 3.63) is 77.2 Å². The molecule has 0 aliphatic carbocycles. The summed E-state index contributed by atoms with van der Waals surface area (Å²) in [6, 6.07) is 16.7. The molecule has 6 nitrogen and oxygen atoms in total. The minimum absolute atomic E-state index is 0.0169. The van der Waals surface area contributed by atoms with Crippen molar-refractivity contribution < 1.29 is 18.8 Å². The van der Waals surface area contributed by atoms with E-state index < -0.39 is 11.8 Å². The zero-order valence-electron chi connectivity index (χ0n) is 17.7. The number of carbonyl (C=O) groups excluding carboxylic acids is 3. The first-order valence-corrected chi connectivity index (χ1v) is 11.6. The Bertz CT molecular complexity index is 1110. The van der Waals surface area contributed by atoms with Crippen molar-refractivity contribution in [2.45, 2.75) is 37.5 Å². The van der Waals surface area contributed by atoms with Crippen LogP contribution in [-0.4, -0.2) is 40.0 Å². The number of rotatable bonds is 9. The lowest BCUT2D eigenvalue weighted by Crippen LogP contribution is -2.39. The number of aldehydes is 1. The molecule has 1 aliphatic heterocycles. The van der Waals surface area contributed by atoms with E-state index in [9.17, 15) is 14.4 Å². The molecule has 2 unspecified atom stereocenters. The SMILES string of the molecule is Cc1oc(-c2ccccc2)nc1CCC(=O)c1ccc(CC2SCNC2C(=O)C=O)cc1. The number of ketones is 2. The molecule has 0 spiro atoms. The number of thioether (sulfide) groups is 1. The van der Waals surface area contributed by atoms with Crippen molar-refractivity contribution in [1.29, 1.82) is 0 Å². The molecule has 0 radical (unpaired) electrons. The number of aryl methyl sites for hydroxylation is 2. The second-order valence-corrected chi connectivity index (χ2v) is 8.99. The fraction of sp³-hybridized carbons (Fsp3) is 0.280. The van der Waals surface area contributed by atoms with Crippen molar-refractivity contribution in [2.75, 3.05) is 5.88 Å². The van der Waals surface area contributed by atoms with E-state index in [0.29, 0.717) is 42.9 Å². The highest BCUT2D eigenvalue weighted by Gasteiger charge is 2.32. The first kappa shape index (κ1) is 22.2. The van der Waals surface area contributed by atoms with E-state index in [0.717, 1.165) is 22.6 Å². The lowest BCUT2D eigenvalue weighted by molar-refractivity contribution is -0.131. The fourth-order valence-corrected chi connectivity index (χ4v) is 5.03. The normalized spacial score (nSPS) is 17.9. The van der Waals surface area contributed by atoms with Crippen LogP contribution in [0.1, 0.15) is 33.8 Å². The third-order valence-corrected chi connectivity index (χ3v) is 6.81. The van der Waals surface area contributed by atoms with Gasteiger partial charge in [0.05, 0.1) is 11.7 Å². The Labute approximate surface area is 190 Å². The second kappa shape index (κ2) is 10.1. The molecule has 164 valence electrons.